The van der Waals surface area contributed by atoms with Crippen LogP contribution in [0.4, 0.5) is 5.69 Å². The monoisotopic (exact) mass is 260 g/mol. The van der Waals surface area contributed by atoms with E-state index in [0.29, 0.717) is 6.04 Å². The quantitative estimate of drug-likeness (QED) is 0.875. The van der Waals surface area contributed by atoms with E-state index in [9.17, 15) is 4.79 Å². The van der Waals surface area contributed by atoms with Crippen LogP contribution < -0.4 is 10.6 Å². The summed E-state index contributed by atoms with van der Waals surface area (Å²) in [5.41, 5.74) is 2.76. The van der Waals surface area contributed by atoms with Gasteiger partial charge in [-0.1, -0.05) is 31.4 Å². The van der Waals surface area contributed by atoms with E-state index in [2.05, 4.69) is 17.6 Å². The summed E-state index contributed by atoms with van der Waals surface area (Å²) in [4.78, 5) is 12.4. The minimum Gasteiger partial charge on any atom is -0.387 e. The lowest BCUT2D eigenvalue weighted by Crippen LogP contribution is -2.38. The molecule has 0 spiro atoms. The SMILES string of the molecule is CNc1ccc(C)cc1C(=O)NC1CCCC(C)C1. The second-order valence-electron chi connectivity index (χ2n) is 5.74. The summed E-state index contributed by atoms with van der Waals surface area (Å²) in [7, 11) is 1.85. The number of hydrogen-bond acceptors (Lipinski definition) is 2. The third-order valence-corrected chi connectivity index (χ3v) is 3.96. The zero-order chi connectivity index (χ0) is 13.8. The van der Waals surface area contributed by atoms with E-state index >= 15 is 0 Å². The van der Waals surface area contributed by atoms with Crippen LogP contribution in [0.15, 0.2) is 18.2 Å². The molecule has 2 unspecified atom stereocenters. The van der Waals surface area contributed by atoms with Crippen molar-refractivity contribution in [2.75, 3.05) is 12.4 Å². The lowest BCUT2D eigenvalue weighted by molar-refractivity contribution is 0.0922. The summed E-state index contributed by atoms with van der Waals surface area (Å²) in [6.07, 6.45) is 4.72. The van der Waals surface area contributed by atoms with E-state index in [0.717, 1.165) is 35.6 Å². The molecule has 1 amide bonds. The Kier molecular flexibility index (Phi) is 4.46. The van der Waals surface area contributed by atoms with Gasteiger partial charge in [0.2, 0.25) is 0 Å². The Morgan fingerprint density at radius 1 is 1.32 bits per heavy atom. The van der Waals surface area contributed by atoms with Gasteiger partial charge in [0, 0.05) is 18.8 Å². The molecule has 2 atom stereocenters. The average Bonchev–Trinajstić information content (AvgIpc) is 2.38. The Labute approximate surface area is 115 Å². The number of carbonyl (C=O) groups excluding carboxylic acids is 1. The molecule has 0 heterocycles. The van der Waals surface area contributed by atoms with Gasteiger partial charge in [-0.2, -0.15) is 0 Å². The number of aryl methyl sites for hydroxylation is 1. The number of anilines is 1. The van der Waals surface area contributed by atoms with E-state index in [1.807, 2.05) is 32.2 Å². The summed E-state index contributed by atoms with van der Waals surface area (Å²) in [6, 6.07) is 6.27. The first-order chi connectivity index (χ1) is 9.10. The summed E-state index contributed by atoms with van der Waals surface area (Å²) in [5, 5.41) is 6.28. The van der Waals surface area contributed by atoms with Crippen molar-refractivity contribution in [1.29, 1.82) is 0 Å². The van der Waals surface area contributed by atoms with Gasteiger partial charge in [-0.25, -0.2) is 0 Å². The molecule has 0 radical (unpaired) electrons. The van der Waals surface area contributed by atoms with Crippen LogP contribution in [0.2, 0.25) is 0 Å². The second-order valence-corrected chi connectivity index (χ2v) is 5.74. The average molecular weight is 260 g/mol. The van der Waals surface area contributed by atoms with Crippen LogP contribution >= 0.6 is 0 Å². The molecular weight excluding hydrogens is 236 g/mol. The molecule has 3 heteroatoms. The molecule has 2 N–H and O–H groups in total. The first kappa shape index (κ1) is 13.9. The summed E-state index contributed by atoms with van der Waals surface area (Å²) >= 11 is 0. The first-order valence-electron chi connectivity index (χ1n) is 7.19. The van der Waals surface area contributed by atoms with Gasteiger partial charge in [0.25, 0.3) is 5.91 Å². The van der Waals surface area contributed by atoms with Crippen LogP contribution in [0.3, 0.4) is 0 Å². The molecule has 0 bridgehead atoms. The van der Waals surface area contributed by atoms with Crippen molar-refractivity contribution in [3.05, 3.63) is 29.3 Å². The summed E-state index contributed by atoms with van der Waals surface area (Å²) in [6.45, 7) is 4.28. The largest absolute Gasteiger partial charge is 0.387 e. The minimum atomic E-state index is 0.0483. The second kappa shape index (κ2) is 6.09. The lowest BCUT2D eigenvalue weighted by atomic mass is 9.87. The van der Waals surface area contributed by atoms with Crippen molar-refractivity contribution < 1.29 is 4.79 Å². The van der Waals surface area contributed by atoms with Crippen molar-refractivity contribution in [3.8, 4) is 0 Å². The van der Waals surface area contributed by atoms with E-state index in [-0.39, 0.29) is 5.91 Å². The summed E-state index contributed by atoms with van der Waals surface area (Å²) in [5.74, 6) is 0.771. The fourth-order valence-corrected chi connectivity index (χ4v) is 2.89. The van der Waals surface area contributed by atoms with Crippen LogP contribution in [-0.4, -0.2) is 19.0 Å². The highest BCUT2D eigenvalue weighted by Crippen LogP contribution is 2.24. The van der Waals surface area contributed by atoms with Gasteiger partial charge in [-0.05, 0) is 37.8 Å². The number of rotatable bonds is 3. The maximum Gasteiger partial charge on any atom is 0.253 e. The van der Waals surface area contributed by atoms with Crippen LogP contribution in [0.1, 0.15) is 48.5 Å². The Morgan fingerprint density at radius 2 is 2.11 bits per heavy atom. The van der Waals surface area contributed by atoms with Crippen molar-refractivity contribution in [1.82, 2.24) is 5.32 Å². The molecule has 104 valence electrons. The maximum atomic E-state index is 12.4. The standard InChI is InChI=1S/C16H24N2O/c1-11-5-4-6-13(9-11)18-16(19)14-10-12(2)7-8-15(14)17-3/h7-8,10-11,13,17H,4-6,9H2,1-3H3,(H,18,19). The highest BCUT2D eigenvalue weighted by Gasteiger charge is 2.21. The van der Waals surface area contributed by atoms with Crippen LogP contribution in [0.5, 0.6) is 0 Å². The molecule has 19 heavy (non-hydrogen) atoms. The number of benzene rings is 1. The van der Waals surface area contributed by atoms with Gasteiger partial charge in [-0.15, -0.1) is 0 Å². The van der Waals surface area contributed by atoms with E-state index < -0.39 is 0 Å². The smallest absolute Gasteiger partial charge is 0.253 e. The first-order valence-corrected chi connectivity index (χ1v) is 7.19. The molecule has 3 nitrogen and oxygen atoms in total. The zero-order valence-corrected chi connectivity index (χ0v) is 12.1. The van der Waals surface area contributed by atoms with Crippen LogP contribution in [0, 0.1) is 12.8 Å². The Hall–Kier alpha value is -1.51. The van der Waals surface area contributed by atoms with Crippen molar-refractivity contribution in [2.45, 2.75) is 45.6 Å². The third-order valence-electron chi connectivity index (χ3n) is 3.96. The van der Waals surface area contributed by atoms with E-state index in [1.54, 1.807) is 0 Å². The normalized spacial score (nSPS) is 22.9. The number of nitrogens with one attached hydrogen (secondary N) is 2. The molecule has 1 aliphatic carbocycles. The lowest BCUT2D eigenvalue weighted by Gasteiger charge is -2.27. The molecule has 1 fully saturated rings. The molecule has 0 aromatic heterocycles. The van der Waals surface area contributed by atoms with Gasteiger partial charge >= 0.3 is 0 Å². The third kappa shape index (κ3) is 3.49. The van der Waals surface area contributed by atoms with Crippen molar-refractivity contribution >= 4 is 11.6 Å². The van der Waals surface area contributed by atoms with Gasteiger partial charge in [0.05, 0.1) is 5.56 Å². The number of carbonyl (C=O) groups is 1. The van der Waals surface area contributed by atoms with E-state index in [1.165, 1.54) is 12.8 Å². The Morgan fingerprint density at radius 3 is 2.79 bits per heavy atom. The highest BCUT2D eigenvalue weighted by atomic mass is 16.1. The molecule has 1 saturated carbocycles. The maximum absolute atomic E-state index is 12.4. The van der Waals surface area contributed by atoms with Gasteiger partial charge in [0.1, 0.15) is 0 Å². The van der Waals surface area contributed by atoms with E-state index in [4.69, 9.17) is 0 Å². The van der Waals surface area contributed by atoms with Crippen molar-refractivity contribution in [2.24, 2.45) is 5.92 Å². The van der Waals surface area contributed by atoms with Gasteiger partial charge in [-0.3, -0.25) is 4.79 Å². The predicted octanol–water partition coefficient (Wildman–Crippen LogP) is 3.35. The predicted molar refractivity (Wildman–Crippen MR) is 79.6 cm³/mol. The Balaban J connectivity index is 2.09. The molecule has 2 rings (SSSR count). The Bertz CT molecular complexity index is 456. The highest BCUT2D eigenvalue weighted by molar-refractivity contribution is 6.00. The van der Waals surface area contributed by atoms with Crippen LogP contribution in [-0.2, 0) is 0 Å². The molecule has 1 aromatic carbocycles. The zero-order valence-electron chi connectivity index (χ0n) is 12.1. The molecular formula is C16H24N2O. The number of hydrogen-bond donors (Lipinski definition) is 2. The molecule has 0 saturated heterocycles. The molecule has 1 aliphatic rings. The van der Waals surface area contributed by atoms with Crippen LogP contribution in [0.25, 0.3) is 0 Å². The fraction of sp³-hybridized carbons (Fsp3) is 0.562. The van der Waals surface area contributed by atoms with Gasteiger partial charge in [0.15, 0.2) is 0 Å². The topological polar surface area (TPSA) is 41.1 Å². The van der Waals surface area contributed by atoms with Gasteiger partial charge < -0.3 is 10.6 Å². The minimum absolute atomic E-state index is 0.0483. The number of amides is 1. The van der Waals surface area contributed by atoms with Crippen molar-refractivity contribution in [3.63, 3.8) is 0 Å². The molecule has 0 aliphatic heterocycles. The fourth-order valence-electron chi connectivity index (χ4n) is 2.89. The molecule has 1 aromatic rings. The summed E-state index contributed by atoms with van der Waals surface area (Å²) < 4.78 is 0.